The highest BCUT2D eigenvalue weighted by Gasteiger charge is 2.47. The maximum absolute atomic E-state index is 4.33. The first kappa shape index (κ1) is 8.62. The van der Waals surface area contributed by atoms with E-state index >= 15 is 0 Å². The van der Waals surface area contributed by atoms with Gasteiger partial charge in [-0.1, -0.05) is 6.42 Å². The first-order valence-corrected chi connectivity index (χ1v) is 6.02. The number of anilines is 1. The normalized spacial score (nSPS) is 22.1. The van der Waals surface area contributed by atoms with Crippen LogP contribution in [0.5, 0.6) is 0 Å². The third-order valence-corrected chi connectivity index (χ3v) is 4.21. The number of rotatable bonds is 1. The Hall–Kier alpha value is -1.51. The molecule has 0 radical (unpaired) electrons. The lowest BCUT2D eigenvalue weighted by Crippen LogP contribution is -2.59. The fourth-order valence-electron chi connectivity index (χ4n) is 3.04. The largest absolute Gasteiger partial charge is 0.370 e. The number of hydrogen-bond donors (Lipinski definition) is 0. The van der Waals surface area contributed by atoms with Crippen molar-refractivity contribution in [2.24, 2.45) is 5.41 Å². The fraction of sp³-hybridized carbons (Fsp3) is 0.462. The molecule has 0 amide bonds. The second-order valence-corrected chi connectivity index (χ2v) is 5.29. The summed E-state index contributed by atoms with van der Waals surface area (Å²) >= 11 is 0. The van der Waals surface area contributed by atoms with Crippen LogP contribution in [0.3, 0.4) is 0 Å². The van der Waals surface area contributed by atoms with Gasteiger partial charge in [-0.2, -0.15) is 0 Å². The number of hydrogen-bond acceptors (Lipinski definition) is 2. The minimum absolute atomic E-state index is 0.696. The van der Waals surface area contributed by atoms with E-state index in [1.54, 1.807) is 0 Å². The van der Waals surface area contributed by atoms with Gasteiger partial charge >= 0.3 is 0 Å². The average Bonchev–Trinajstić information content (AvgIpc) is 2.60. The SMILES string of the molecule is c1cn2ccc(N3CC4(CCC4)C3)cc2n1. The minimum Gasteiger partial charge on any atom is -0.370 e. The van der Waals surface area contributed by atoms with Gasteiger partial charge in [-0.3, -0.25) is 0 Å². The standard InChI is InChI=1S/C13H15N3/c1-3-13(4-1)9-16(10-13)11-2-6-15-7-5-14-12(15)8-11/h2,5-8H,1,3-4,9-10H2. The van der Waals surface area contributed by atoms with Gasteiger partial charge in [-0.05, 0) is 18.9 Å². The molecule has 0 N–H and O–H groups in total. The van der Waals surface area contributed by atoms with E-state index in [1.165, 1.54) is 38.0 Å². The highest BCUT2D eigenvalue weighted by Crippen LogP contribution is 2.49. The number of imidazole rings is 1. The Balaban J connectivity index is 1.62. The van der Waals surface area contributed by atoms with Crippen LogP contribution in [0.25, 0.3) is 5.65 Å². The maximum atomic E-state index is 4.33. The van der Waals surface area contributed by atoms with Crippen LogP contribution in [0.2, 0.25) is 0 Å². The monoisotopic (exact) mass is 213 g/mol. The molecule has 3 heteroatoms. The number of aromatic nitrogens is 2. The van der Waals surface area contributed by atoms with Gasteiger partial charge in [0, 0.05) is 48.8 Å². The Kier molecular flexibility index (Phi) is 1.50. The van der Waals surface area contributed by atoms with Crippen molar-refractivity contribution in [3.8, 4) is 0 Å². The zero-order chi connectivity index (χ0) is 10.6. The predicted octanol–water partition coefficient (Wildman–Crippen LogP) is 2.32. The molecule has 4 rings (SSSR count). The first-order valence-electron chi connectivity index (χ1n) is 6.02. The quantitative estimate of drug-likeness (QED) is 0.724. The van der Waals surface area contributed by atoms with Crippen molar-refractivity contribution in [2.75, 3.05) is 18.0 Å². The second-order valence-electron chi connectivity index (χ2n) is 5.29. The smallest absolute Gasteiger partial charge is 0.138 e. The van der Waals surface area contributed by atoms with Gasteiger partial charge in [0.25, 0.3) is 0 Å². The predicted molar refractivity (Wildman–Crippen MR) is 63.7 cm³/mol. The molecular weight excluding hydrogens is 198 g/mol. The molecule has 0 aromatic carbocycles. The summed E-state index contributed by atoms with van der Waals surface area (Å²) in [5.41, 5.74) is 3.07. The number of pyridine rings is 1. The second kappa shape index (κ2) is 2.78. The molecule has 16 heavy (non-hydrogen) atoms. The van der Waals surface area contributed by atoms with Gasteiger partial charge in [0.15, 0.2) is 0 Å². The summed E-state index contributed by atoms with van der Waals surface area (Å²) in [6, 6.07) is 4.38. The van der Waals surface area contributed by atoms with Crippen LogP contribution in [0.15, 0.2) is 30.7 Å². The lowest BCUT2D eigenvalue weighted by atomic mass is 9.63. The van der Waals surface area contributed by atoms with Crippen molar-refractivity contribution >= 4 is 11.3 Å². The molecule has 1 aliphatic heterocycles. The molecule has 3 nitrogen and oxygen atoms in total. The zero-order valence-electron chi connectivity index (χ0n) is 9.26. The van der Waals surface area contributed by atoms with E-state index in [9.17, 15) is 0 Å². The summed E-state index contributed by atoms with van der Waals surface area (Å²) in [5.74, 6) is 0. The van der Waals surface area contributed by atoms with Gasteiger partial charge < -0.3 is 9.30 Å². The van der Waals surface area contributed by atoms with Crippen LogP contribution >= 0.6 is 0 Å². The van der Waals surface area contributed by atoms with E-state index in [0.717, 1.165) is 5.65 Å². The van der Waals surface area contributed by atoms with Gasteiger partial charge in [0.05, 0.1) is 0 Å². The van der Waals surface area contributed by atoms with Crippen LogP contribution in [0, 0.1) is 5.41 Å². The fourth-order valence-corrected chi connectivity index (χ4v) is 3.04. The van der Waals surface area contributed by atoms with Crippen molar-refractivity contribution < 1.29 is 0 Å². The van der Waals surface area contributed by atoms with E-state index in [4.69, 9.17) is 0 Å². The van der Waals surface area contributed by atoms with E-state index in [0.29, 0.717) is 5.41 Å². The van der Waals surface area contributed by atoms with Crippen molar-refractivity contribution in [3.63, 3.8) is 0 Å². The summed E-state index contributed by atoms with van der Waals surface area (Å²) in [7, 11) is 0. The summed E-state index contributed by atoms with van der Waals surface area (Å²) < 4.78 is 2.06. The molecule has 1 saturated heterocycles. The van der Waals surface area contributed by atoms with E-state index < -0.39 is 0 Å². The minimum atomic E-state index is 0.696. The van der Waals surface area contributed by atoms with Gasteiger partial charge in [-0.25, -0.2) is 4.98 Å². The topological polar surface area (TPSA) is 20.5 Å². The molecule has 0 bridgehead atoms. The lowest BCUT2D eigenvalue weighted by Gasteiger charge is -2.57. The molecule has 1 spiro atoms. The Morgan fingerprint density at radius 1 is 1.19 bits per heavy atom. The third-order valence-electron chi connectivity index (χ3n) is 4.21. The highest BCUT2D eigenvalue weighted by molar-refractivity contribution is 5.58. The van der Waals surface area contributed by atoms with Crippen LogP contribution in [-0.4, -0.2) is 22.5 Å². The lowest BCUT2D eigenvalue weighted by molar-refractivity contribution is 0.0904. The molecule has 3 heterocycles. The molecule has 82 valence electrons. The van der Waals surface area contributed by atoms with Crippen LogP contribution < -0.4 is 4.90 Å². The molecule has 2 aromatic rings. The van der Waals surface area contributed by atoms with E-state index in [-0.39, 0.29) is 0 Å². The molecule has 1 aliphatic carbocycles. The van der Waals surface area contributed by atoms with Crippen molar-refractivity contribution in [1.29, 1.82) is 0 Å². The van der Waals surface area contributed by atoms with Crippen molar-refractivity contribution in [2.45, 2.75) is 19.3 Å². The Bertz CT molecular complexity index is 531. The third kappa shape index (κ3) is 1.06. The molecule has 2 aromatic heterocycles. The van der Waals surface area contributed by atoms with E-state index in [1.807, 2.05) is 12.4 Å². The molecular formula is C13H15N3. The van der Waals surface area contributed by atoms with Crippen LogP contribution in [0.4, 0.5) is 5.69 Å². The summed E-state index contributed by atoms with van der Waals surface area (Å²) in [6.45, 7) is 2.51. The summed E-state index contributed by atoms with van der Waals surface area (Å²) in [4.78, 5) is 6.81. The van der Waals surface area contributed by atoms with Gasteiger partial charge in [0.2, 0.25) is 0 Å². The Morgan fingerprint density at radius 2 is 2.06 bits per heavy atom. The Morgan fingerprint density at radius 3 is 2.81 bits per heavy atom. The molecule has 2 aliphatic rings. The maximum Gasteiger partial charge on any atom is 0.138 e. The van der Waals surface area contributed by atoms with Crippen molar-refractivity contribution in [1.82, 2.24) is 9.38 Å². The zero-order valence-corrected chi connectivity index (χ0v) is 9.26. The first-order chi connectivity index (χ1) is 7.85. The van der Waals surface area contributed by atoms with Gasteiger partial charge in [-0.15, -0.1) is 0 Å². The summed E-state index contributed by atoms with van der Waals surface area (Å²) in [6.07, 6.45) is 10.3. The van der Waals surface area contributed by atoms with Crippen LogP contribution in [-0.2, 0) is 0 Å². The van der Waals surface area contributed by atoms with Gasteiger partial charge in [0.1, 0.15) is 5.65 Å². The van der Waals surface area contributed by atoms with Crippen LogP contribution in [0.1, 0.15) is 19.3 Å². The highest BCUT2D eigenvalue weighted by atomic mass is 15.2. The Labute approximate surface area is 94.7 Å². The molecule has 0 unspecified atom stereocenters. The van der Waals surface area contributed by atoms with Crippen molar-refractivity contribution in [3.05, 3.63) is 30.7 Å². The summed E-state index contributed by atoms with van der Waals surface area (Å²) in [5, 5.41) is 0. The molecule has 2 fully saturated rings. The molecule has 0 atom stereocenters. The van der Waals surface area contributed by atoms with E-state index in [2.05, 4.69) is 32.6 Å². The number of fused-ring (bicyclic) bond motifs is 1. The average molecular weight is 213 g/mol. The number of nitrogens with zero attached hydrogens (tertiary/aromatic N) is 3. The molecule has 1 saturated carbocycles.